The summed E-state index contributed by atoms with van der Waals surface area (Å²) in [5.74, 6) is 1.25. The van der Waals surface area contributed by atoms with E-state index < -0.39 is 11.9 Å². The van der Waals surface area contributed by atoms with Crippen LogP contribution in [0.5, 0.6) is 17.2 Å². The fourth-order valence-corrected chi connectivity index (χ4v) is 10.1. The Morgan fingerprint density at radius 2 is 1.51 bits per heavy atom. The first-order valence-electron chi connectivity index (χ1n) is 21.0. The number of amides is 1. The zero-order valence-corrected chi connectivity index (χ0v) is 35.4. The number of hydrogen-bond acceptors (Lipinski definition) is 10. The maximum atomic E-state index is 13.6. The minimum Gasteiger partial charge on any atom is -0.496 e. The number of rotatable bonds is 13. The molecule has 0 aromatic heterocycles. The molecule has 0 radical (unpaired) electrons. The predicted molar refractivity (Wildman–Crippen MR) is 223 cm³/mol. The highest BCUT2D eigenvalue weighted by atomic mass is 16.5. The molecule has 1 amide bonds. The van der Waals surface area contributed by atoms with E-state index in [9.17, 15) is 24.4 Å². The lowest BCUT2D eigenvalue weighted by atomic mass is 9.44. The van der Waals surface area contributed by atoms with E-state index in [1.807, 2.05) is 38.1 Å². The molecule has 1 aliphatic heterocycles. The molecular weight excluding hydrogens is 747 g/mol. The van der Waals surface area contributed by atoms with Gasteiger partial charge in [0.05, 0.1) is 49.0 Å². The summed E-state index contributed by atoms with van der Waals surface area (Å²) in [5, 5.41) is 12.2. The quantitative estimate of drug-likeness (QED) is 0.134. The monoisotopic (exact) mass is 803 g/mol. The van der Waals surface area contributed by atoms with Crippen LogP contribution in [0.4, 0.5) is 5.69 Å². The summed E-state index contributed by atoms with van der Waals surface area (Å²) in [5.41, 5.74) is 4.24. The molecule has 1 heterocycles. The van der Waals surface area contributed by atoms with Crippen molar-refractivity contribution in [3.8, 4) is 23.3 Å². The van der Waals surface area contributed by atoms with E-state index in [-0.39, 0.29) is 71.4 Å². The van der Waals surface area contributed by atoms with Crippen molar-refractivity contribution >= 4 is 28.9 Å². The van der Waals surface area contributed by atoms with Crippen LogP contribution >= 0.6 is 0 Å². The Morgan fingerprint density at radius 1 is 0.847 bits per heavy atom. The number of anilines is 1. The van der Waals surface area contributed by atoms with Crippen LogP contribution in [-0.4, -0.2) is 73.9 Å². The molecule has 1 N–H and O–H groups in total. The van der Waals surface area contributed by atoms with Crippen LogP contribution in [0, 0.1) is 41.9 Å². The van der Waals surface area contributed by atoms with Crippen molar-refractivity contribution in [3.63, 3.8) is 0 Å². The minimum atomic E-state index is -0.666. The highest BCUT2D eigenvalue weighted by Gasteiger charge is 2.63. The number of hydrogen-bond donors (Lipinski definition) is 1. The molecule has 4 fully saturated rings. The molecule has 0 spiro atoms. The van der Waals surface area contributed by atoms with Gasteiger partial charge in [-0.25, -0.2) is 0 Å². The van der Waals surface area contributed by atoms with Gasteiger partial charge in [0.1, 0.15) is 35.2 Å². The first-order valence-corrected chi connectivity index (χ1v) is 21.0. The number of ether oxygens (including phenoxy) is 4. The van der Waals surface area contributed by atoms with E-state index in [1.54, 1.807) is 18.2 Å². The molecule has 312 valence electrons. The van der Waals surface area contributed by atoms with E-state index in [0.717, 1.165) is 66.9 Å². The average Bonchev–Trinajstić information content (AvgIpc) is 3.19. The first kappa shape index (κ1) is 41.9. The number of methoxy groups -OCH3 is 1. The van der Waals surface area contributed by atoms with Gasteiger partial charge in [-0.1, -0.05) is 27.7 Å². The van der Waals surface area contributed by atoms with Crippen LogP contribution in [0.25, 0.3) is 0 Å². The molecule has 1 atom stereocenters. The lowest BCUT2D eigenvalue weighted by Crippen LogP contribution is -2.66. The van der Waals surface area contributed by atoms with Gasteiger partial charge in [0.15, 0.2) is 11.6 Å². The van der Waals surface area contributed by atoms with Crippen molar-refractivity contribution in [2.24, 2.45) is 16.7 Å². The van der Waals surface area contributed by atoms with Gasteiger partial charge in [0.2, 0.25) is 0 Å². The number of aryl methyl sites for hydroxylation is 2. The van der Waals surface area contributed by atoms with Crippen LogP contribution in [0.3, 0.4) is 0 Å². The molecule has 3 aliphatic carbocycles. The molecule has 3 saturated carbocycles. The Balaban J connectivity index is 0.838. The zero-order chi connectivity index (χ0) is 42.2. The zero-order valence-electron chi connectivity index (χ0n) is 35.4. The largest absolute Gasteiger partial charge is 0.496 e. The maximum Gasteiger partial charge on any atom is 0.255 e. The van der Waals surface area contributed by atoms with E-state index in [1.165, 1.54) is 7.11 Å². The van der Waals surface area contributed by atoms with Crippen LogP contribution in [0.1, 0.15) is 116 Å². The van der Waals surface area contributed by atoms with Gasteiger partial charge >= 0.3 is 0 Å². The second kappa shape index (κ2) is 16.8. The number of nitriles is 1. The number of Topliss-reactive ketones (excluding diaryl/α,β-unsaturated/α-hetero) is 3. The number of nitrogens with one attached hydrogen (secondary N) is 1. The van der Waals surface area contributed by atoms with Crippen LogP contribution in [0.15, 0.2) is 54.6 Å². The average molecular weight is 804 g/mol. The molecule has 11 nitrogen and oxygen atoms in total. The number of ketones is 3. The molecule has 1 saturated heterocycles. The van der Waals surface area contributed by atoms with Crippen molar-refractivity contribution in [2.45, 2.75) is 123 Å². The normalized spacial score (nSPS) is 24.9. The highest BCUT2D eigenvalue weighted by molar-refractivity contribution is 6.07. The fourth-order valence-electron chi connectivity index (χ4n) is 10.1. The lowest BCUT2D eigenvalue weighted by Gasteiger charge is -2.63. The number of nitrogens with zero attached hydrogens (tertiary/aromatic N) is 2. The van der Waals surface area contributed by atoms with Gasteiger partial charge in [-0.05, 0) is 98.7 Å². The third kappa shape index (κ3) is 8.74. The standard InChI is InChI=1S/C48H57N3O8/c1-28-20-35(21-29(2)39(28)27-49)59-46-47(3,4)44(48(46,5)6)26-41(53)30-8-10-31(11-9-30)51-18-16-33(17-19-51)57-36-23-37(24-36)58-34-13-14-38(43(25-34)56-7)45(55)50-40-15-12-32(52)22-42(40)54/h8-11,13-14,20-21,25,33,36-37,40,44,46H,12,15-19,22-24,26H2,1-7H3,(H,50,55). The highest BCUT2D eigenvalue weighted by Crippen LogP contribution is 2.62. The first-order chi connectivity index (χ1) is 28.1. The summed E-state index contributed by atoms with van der Waals surface area (Å²) in [4.78, 5) is 52.7. The number of carbonyl (C=O) groups excluding carboxylic acids is 4. The summed E-state index contributed by atoms with van der Waals surface area (Å²) in [6, 6.07) is 18.6. The van der Waals surface area contributed by atoms with Gasteiger partial charge in [0, 0.05) is 66.9 Å². The lowest BCUT2D eigenvalue weighted by molar-refractivity contribution is -0.196. The SMILES string of the molecule is COc1cc(OC2CC(OC3CCN(c4ccc(C(=O)CC5C(C)(C)C(Oc6cc(C)c(C#N)c(C)c6)C5(C)C)cc4)CC3)C2)ccc1C(=O)NC1CCC(=O)CC1=O. The van der Waals surface area contributed by atoms with Crippen LogP contribution in [0.2, 0.25) is 0 Å². The van der Waals surface area contributed by atoms with Gasteiger partial charge in [0.25, 0.3) is 5.91 Å². The summed E-state index contributed by atoms with van der Waals surface area (Å²) in [6.07, 6.45) is 4.56. The fraction of sp³-hybridized carbons (Fsp3) is 0.521. The van der Waals surface area contributed by atoms with Crippen LogP contribution < -0.4 is 24.4 Å². The third-order valence-electron chi connectivity index (χ3n) is 13.3. The predicted octanol–water partition coefficient (Wildman–Crippen LogP) is 7.90. The Hall–Kier alpha value is -5.21. The van der Waals surface area contributed by atoms with E-state index in [2.05, 4.69) is 56.1 Å². The Labute approximate surface area is 347 Å². The summed E-state index contributed by atoms with van der Waals surface area (Å²) in [7, 11) is 1.49. The molecule has 1 unspecified atom stereocenters. The minimum absolute atomic E-state index is 0.00171. The molecule has 4 aliphatic rings. The number of benzene rings is 3. The Bertz CT molecular complexity index is 2100. The van der Waals surface area contributed by atoms with E-state index in [0.29, 0.717) is 35.5 Å². The van der Waals surface area contributed by atoms with Crippen molar-refractivity contribution in [2.75, 3.05) is 25.1 Å². The second-order valence-electron chi connectivity index (χ2n) is 18.2. The van der Waals surface area contributed by atoms with Crippen molar-refractivity contribution < 1.29 is 38.1 Å². The summed E-state index contributed by atoms with van der Waals surface area (Å²) < 4.78 is 24.7. The molecule has 3 aromatic rings. The van der Waals surface area contributed by atoms with Crippen molar-refractivity contribution in [1.29, 1.82) is 5.26 Å². The number of carbonyl (C=O) groups is 4. The smallest absolute Gasteiger partial charge is 0.255 e. The summed E-state index contributed by atoms with van der Waals surface area (Å²) in [6.45, 7) is 14.4. The molecule has 0 bridgehead atoms. The third-order valence-corrected chi connectivity index (χ3v) is 13.3. The van der Waals surface area contributed by atoms with E-state index >= 15 is 0 Å². The topological polar surface area (TPSA) is 144 Å². The molecule has 3 aromatic carbocycles. The molecule has 59 heavy (non-hydrogen) atoms. The molecular formula is C48H57N3O8. The van der Waals surface area contributed by atoms with Crippen molar-refractivity contribution in [3.05, 3.63) is 82.4 Å². The second-order valence-corrected chi connectivity index (χ2v) is 18.2. The number of piperidine rings is 1. The van der Waals surface area contributed by atoms with E-state index in [4.69, 9.17) is 18.9 Å². The molecule has 11 heteroatoms. The Morgan fingerprint density at radius 3 is 2.12 bits per heavy atom. The van der Waals surface area contributed by atoms with Gasteiger partial charge in [-0.15, -0.1) is 0 Å². The van der Waals surface area contributed by atoms with Gasteiger partial charge < -0.3 is 29.2 Å². The summed E-state index contributed by atoms with van der Waals surface area (Å²) >= 11 is 0. The maximum absolute atomic E-state index is 13.6. The molecule has 7 rings (SSSR count). The Kier molecular flexibility index (Phi) is 11.9. The van der Waals surface area contributed by atoms with Gasteiger partial charge in [-0.3, -0.25) is 19.2 Å². The van der Waals surface area contributed by atoms with Gasteiger partial charge in [-0.2, -0.15) is 5.26 Å². The van der Waals surface area contributed by atoms with Crippen molar-refractivity contribution in [1.82, 2.24) is 5.32 Å². The van der Waals surface area contributed by atoms with Crippen LogP contribution in [-0.2, 0) is 14.3 Å².